The third-order valence-corrected chi connectivity index (χ3v) is 2.57. The van der Waals surface area contributed by atoms with Crippen molar-refractivity contribution in [3.8, 4) is 0 Å². The number of aliphatic hydroxyl groups is 4. The van der Waals surface area contributed by atoms with E-state index in [1.807, 2.05) is 0 Å². The van der Waals surface area contributed by atoms with Crippen molar-refractivity contribution in [3.05, 3.63) is 0 Å². The summed E-state index contributed by atoms with van der Waals surface area (Å²) in [6.45, 7) is -0.702. The molecular weight excluding hydrogens is 293 g/mol. The topological polar surface area (TPSA) is 157 Å². The summed E-state index contributed by atoms with van der Waals surface area (Å²) in [7, 11) is -4.91. The van der Waals surface area contributed by atoms with Crippen LogP contribution in [0.15, 0.2) is 0 Å². The van der Waals surface area contributed by atoms with Gasteiger partial charge in [0.2, 0.25) is 0 Å². The average molecular weight is 306 g/mol. The third-order valence-electron chi connectivity index (χ3n) is 2.09. The summed E-state index contributed by atoms with van der Waals surface area (Å²) < 4.78 is 19.2. The van der Waals surface area contributed by atoms with E-state index < -0.39 is 45.1 Å². The van der Waals surface area contributed by atoms with Gasteiger partial charge in [0.25, 0.3) is 0 Å². The molecule has 0 amide bonds. The molecule has 12 heteroatoms. The van der Waals surface area contributed by atoms with Gasteiger partial charge in [-0.25, -0.2) is 4.57 Å². The first-order valence-corrected chi connectivity index (χ1v) is 5.83. The van der Waals surface area contributed by atoms with Crippen LogP contribution in [-0.2, 0) is 13.8 Å². The van der Waals surface area contributed by atoms with Gasteiger partial charge in [0, 0.05) is 59.1 Å². The number of hydrogen-bond donors (Lipinski definition) is 6. The molecule has 1 aliphatic heterocycles. The van der Waals surface area contributed by atoms with Crippen LogP contribution in [0.25, 0.3) is 0 Å². The van der Waals surface area contributed by atoms with Crippen molar-refractivity contribution in [1.82, 2.24) is 0 Å². The minimum Gasteiger partial charge on any atom is -0.394 e. The number of ether oxygens (including phenoxy) is 1. The predicted octanol–water partition coefficient (Wildman–Crippen LogP) is -3.87. The molecular formula is C6H13Na2O9P. The van der Waals surface area contributed by atoms with Gasteiger partial charge in [0.15, 0.2) is 6.29 Å². The van der Waals surface area contributed by atoms with Crippen molar-refractivity contribution in [1.29, 1.82) is 0 Å². The molecule has 1 heterocycles. The van der Waals surface area contributed by atoms with E-state index in [0.29, 0.717) is 0 Å². The molecule has 5 atom stereocenters. The molecule has 9 nitrogen and oxygen atoms in total. The van der Waals surface area contributed by atoms with E-state index in [0.717, 1.165) is 0 Å². The van der Waals surface area contributed by atoms with Crippen LogP contribution < -0.4 is 0 Å². The van der Waals surface area contributed by atoms with E-state index in [1.165, 1.54) is 0 Å². The largest absolute Gasteiger partial charge is 0.472 e. The summed E-state index contributed by atoms with van der Waals surface area (Å²) in [4.78, 5) is 17.0. The maximum atomic E-state index is 10.5. The van der Waals surface area contributed by atoms with Crippen molar-refractivity contribution in [2.24, 2.45) is 0 Å². The summed E-state index contributed by atoms with van der Waals surface area (Å²) in [6, 6.07) is 0. The van der Waals surface area contributed by atoms with Gasteiger partial charge in [-0.2, -0.15) is 0 Å². The molecule has 0 unspecified atom stereocenters. The van der Waals surface area contributed by atoms with Gasteiger partial charge in [-0.05, 0) is 0 Å². The van der Waals surface area contributed by atoms with Crippen LogP contribution in [0.5, 0.6) is 0 Å². The Kier molecular flexibility index (Phi) is 11.1. The van der Waals surface area contributed by atoms with Crippen LogP contribution in [0.4, 0.5) is 0 Å². The molecule has 98 valence electrons. The van der Waals surface area contributed by atoms with E-state index in [2.05, 4.69) is 9.26 Å². The van der Waals surface area contributed by atoms with Gasteiger partial charge in [0.1, 0.15) is 24.4 Å². The maximum Gasteiger partial charge on any atom is 0.472 e. The summed E-state index contributed by atoms with van der Waals surface area (Å²) in [5, 5.41) is 36.6. The molecule has 2 radical (unpaired) electrons. The number of phosphoric acid groups is 1. The van der Waals surface area contributed by atoms with Crippen molar-refractivity contribution in [2.75, 3.05) is 6.61 Å². The smallest absolute Gasteiger partial charge is 0.394 e. The quantitative estimate of drug-likeness (QED) is 0.227. The van der Waals surface area contributed by atoms with Crippen LogP contribution in [0.3, 0.4) is 0 Å². The van der Waals surface area contributed by atoms with E-state index in [-0.39, 0.29) is 59.1 Å². The second-order valence-electron chi connectivity index (χ2n) is 3.29. The van der Waals surface area contributed by atoms with Crippen molar-refractivity contribution in [3.63, 3.8) is 0 Å². The number of aliphatic hydroxyl groups excluding tert-OH is 4. The van der Waals surface area contributed by atoms with Gasteiger partial charge in [-0.3, -0.25) is 4.52 Å². The Morgan fingerprint density at radius 1 is 1.06 bits per heavy atom. The number of phosphoric ester groups is 1. The summed E-state index contributed by atoms with van der Waals surface area (Å²) >= 11 is 0. The second kappa shape index (κ2) is 9.04. The molecule has 0 bridgehead atoms. The molecule has 0 aromatic carbocycles. The monoisotopic (exact) mass is 306 g/mol. The van der Waals surface area contributed by atoms with E-state index in [4.69, 9.17) is 14.9 Å². The standard InChI is InChI=1S/C6H13O9P.2Na/c7-1-2-3(8)4(9)5(10)6(14-2)15-16(11,12)13;;/h2-10H,1H2,(H2,11,12,13);;/t2-,3+,4+,5-,6+;;/m0../s1. The molecule has 0 aromatic heterocycles. The Hall–Kier alpha value is 1.91. The Balaban J connectivity index is 0. The molecule has 0 aromatic rings. The summed E-state index contributed by atoms with van der Waals surface area (Å²) in [5.74, 6) is 0. The fourth-order valence-corrected chi connectivity index (χ4v) is 1.73. The van der Waals surface area contributed by atoms with Crippen LogP contribution in [0.1, 0.15) is 0 Å². The molecule has 1 rings (SSSR count). The molecule has 6 N–H and O–H groups in total. The van der Waals surface area contributed by atoms with E-state index in [9.17, 15) is 19.9 Å². The molecule has 0 spiro atoms. The Labute approximate surface area is 147 Å². The van der Waals surface area contributed by atoms with Crippen LogP contribution in [0, 0.1) is 0 Å². The second-order valence-corrected chi connectivity index (χ2v) is 4.49. The predicted molar refractivity (Wildman–Crippen MR) is 58.4 cm³/mol. The van der Waals surface area contributed by atoms with Crippen LogP contribution >= 0.6 is 7.82 Å². The molecule has 1 aliphatic rings. The van der Waals surface area contributed by atoms with Crippen LogP contribution in [0.2, 0.25) is 0 Å². The zero-order chi connectivity index (χ0) is 12.5. The molecule has 0 aliphatic carbocycles. The fraction of sp³-hybridized carbons (Fsp3) is 1.00. The zero-order valence-electron chi connectivity index (χ0n) is 9.95. The van der Waals surface area contributed by atoms with Gasteiger partial charge in [-0.1, -0.05) is 0 Å². The summed E-state index contributed by atoms with van der Waals surface area (Å²) in [5.41, 5.74) is 0. The first-order chi connectivity index (χ1) is 7.26. The van der Waals surface area contributed by atoms with Gasteiger partial charge in [0.05, 0.1) is 6.61 Å². The van der Waals surface area contributed by atoms with Crippen molar-refractivity contribution >= 4 is 66.9 Å². The normalized spacial score (nSPS) is 36.4. The molecule has 1 saturated heterocycles. The zero-order valence-corrected chi connectivity index (χ0v) is 14.8. The fourth-order valence-electron chi connectivity index (χ4n) is 1.29. The third kappa shape index (κ3) is 6.13. The van der Waals surface area contributed by atoms with Crippen molar-refractivity contribution < 1.29 is 44.0 Å². The van der Waals surface area contributed by atoms with Gasteiger partial charge in [-0.15, -0.1) is 0 Å². The number of rotatable bonds is 3. The summed E-state index contributed by atoms with van der Waals surface area (Å²) in [6.07, 6.45) is -8.25. The van der Waals surface area contributed by atoms with Crippen molar-refractivity contribution in [2.45, 2.75) is 30.7 Å². The molecule has 18 heavy (non-hydrogen) atoms. The molecule has 0 saturated carbocycles. The van der Waals surface area contributed by atoms with E-state index >= 15 is 0 Å². The first-order valence-electron chi connectivity index (χ1n) is 4.30. The Morgan fingerprint density at radius 2 is 1.56 bits per heavy atom. The van der Waals surface area contributed by atoms with Gasteiger partial charge < -0.3 is 34.9 Å². The molecule has 1 fully saturated rings. The Bertz CT molecular complexity index is 284. The first kappa shape index (κ1) is 22.2. The Morgan fingerprint density at radius 3 is 1.94 bits per heavy atom. The van der Waals surface area contributed by atoms with Crippen LogP contribution in [-0.4, -0.2) is 127 Å². The van der Waals surface area contributed by atoms with E-state index in [1.54, 1.807) is 0 Å². The SMILES string of the molecule is O=P(O)(O)O[C@H]1O[C@@H](CO)[C@@H](O)[C@@H](O)[C@@H]1O.[Na].[Na]. The van der Waals surface area contributed by atoms with Gasteiger partial charge >= 0.3 is 7.82 Å². The minimum atomic E-state index is -4.91. The number of hydrogen-bond acceptors (Lipinski definition) is 7. The maximum absolute atomic E-state index is 10.5. The average Bonchev–Trinajstić information content (AvgIpc) is 2.17. The minimum absolute atomic E-state index is 0.